The van der Waals surface area contributed by atoms with E-state index in [-0.39, 0.29) is 22.9 Å². The zero-order valence-corrected chi connectivity index (χ0v) is 22.7. The number of hydrogen-bond donors (Lipinski definition) is 5. The van der Waals surface area contributed by atoms with E-state index < -0.39 is 0 Å². The van der Waals surface area contributed by atoms with Crippen molar-refractivity contribution in [3.8, 4) is 11.1 Å². The number of nitrogen functional groups attached to an aromatic ring is 1. The molecule has 39 heavy (non-hydrogen) atoms. The van der Waals surface area contributed by atoms with Crippen LogP contribution in [0.2, 0.25) is 0 Å². The number of amides is 1. The first-order valence-corrected chi connectivity index (χ1v) is 12.6. The third-order valence-corrected chi connectivity index (χ3v) is 6.04. The molecular formula is C31H34N6O2. The van der Waals surface area contributed by atoms with Gasteiger partial charge in [-0.05, 0) is 54.4 Å². The van der Waals surface area contributed by atoms with E-state index in [1.54, 1.807) is 31.1 Å². The molecule has 0 aliphatic heterocycles. The Kier molecular flexibility index (Phi) is 7.85. The third kappa shape index (κ3) is 6.54. The summed E-state index contributed by atoms with van der Waals surface area (Å²) in [6.07, 6.45) is 10.5. The summed E-state index contributed by atoms with van der Waals surface area (Å²) in [4.78, 5) is 20.2. The second kappa shape index (κ2) is 11.3. The van der Waals surface area contributed by atoms with Crippen molar-refractivity contribution < 1.29 is 9.21 Å². The Labute approximate surface area is 228 Å². The highest BCUT2D eigenvalue weighted by Crippen LogP contribution is 2.31. The van der Waals surface area contributed by atoms with Crippen molar-refractivity contribution in [3.63, 3.8) is 0 Å². The Morgan fingerprint density at radius 2 is 2.05 bits per heavy atom. The second-order valence-electron chi connectivity index (χ2n) is 10.6. The molecule has 0 spiro atoms. The normalized spacial score (nSPS) is 12.4. The molecule has 0 bridgehead atoms. The Morgan fingerprint density at radius 3 is 2.74 bits per heavy atom. The SMILES string of the molecule is C=CN/C=C(\C=C(/C)NC(=O)CC(C)(C)C)c1cnc(N)c(C(=N)c2cc3c(-c4ccoc4)cccc3[nH]2)c1. The minimum atomic E-state index is -0.120. The van der Waals surface area contributed by atoms with Gasteiger partial charge in [0.25, 0.3) is 0 Å². The largest absolute Gasteiger partial charge is 0.472 e. The van der Waals surface area contributed by atoms with Crippen LogP contribution < -0.4 is 16.4 Å². The number of aromatic amines is 1. The molecule has 0 fully saturated rings. The van der Waals surface area contributed by atoms with Gasteiger partial charge in [-0.2, -0.15) is 0 Å². The van der Waals surface area contributed by atoms with Gasteiger partial charge in [-0.1, -0.05) is 39.5 Å². The van der Waals surface area contributed by atoms with Crippen LogP contribution in [0.3, 0.4) is 0 Å². The number of aromatic nitrogens is 2. The molecule has 0 aliphatic carbocycles. The Bertz CT molecular complexity index is 1580. The van der Waals surface area contributed by atoms with Crippen molar-refractivity contribution in [1.29, 1.82) is 5.41 Å². The van der Waals surface area contributed by atoms with Crippen molar-refractivity contribution in [2.24, 2.45) is 5.41 Å². The summed E-state index contributed by atoms with van der Waals surface area (Å²) in [5, 5.41) is 15.9. The molecule has 3 heterocycles. The summed E-state index contributed by atoms with van der Waals surface area (Å²) < 4.78 is 5.27. The number of allylic oxidation sites excluding steroid dienone is 3. The molecule has 0 saturated heterocycles. The molecule has 0 radical (unpaired) electrons. The Hall–Kier alpha value is -4.85. The van der Waals surface area contributed by atoms with Gasteiger partial charge in [0.2, 0.25) is 5.91 Å². The number of pyridine rings is 1. The van der Waals surface area contributed by atoms with Crippen molar-refractivity contribution in [1.82, 2.24) is 20.6 Å². The summed E-state index contributed by atoms with van der Waals surface area (Å²) in [6, 6.07) is 11.6. The Balaban J connectivity index is 1.68. The van der Waals surface area contributed by atoms with Crippen molar-refractivity contribution in [2.45, 2.75) is 34.1 Å². The monoisotopic (exact) mass is 522 g/mol. The number of nitrogens with one attached hydrogen (secondary N) is 4. The molecule has 0 aliphatic rings. The van der Waals surface area contributed by atoms with Crippen LogP contribution in [-0.2, 0) is 4.79 Å². The maximum atomic E-state index is 12.5. The minimum Gasteiger partial charge on any atom is -0.472 e. The van der Waals surface area contributed by atoms with Gasteiger partial charge < -0.3 is 25.8 Å². The van der Waals surface area contributed by atoms with Gasteiger partial charge in [0, 0.05) is 57.7 Å². The quantitative estimate of drug-likeness (QED) is 0.129. The van der Waals surface area contributed by atoms with Crippen LogP contribution >= 0.6 is 0 Å². The van der Waals surface area contributed by atoms with Gasteiger partial charge >= 0.3 is 0 Å². The van der Waals surface area contributed by atoms with E-state index in [1.165, 1.54) is 0 Å². The maximum absolute atomic E-state index is 12.5. The van der Waals surface area contributed by atoms with Gasteiger partial charge in [0.05, 0.1) is 23.9 Å². The van der Waals surface area contributed by atoms with Gasteiger partial charge in [-0.3, -0.25) is 10.2 Å². The highest BCUT2D eigenvalue weighted by atomic mass is 16.3. The van der Waals surface area contributed by atoms with E-state index in [9.17, 15) is 4.79 Å². The van der Waals surface area contributed by atoms with E-state index in [0.717, 1.165) is 33.2 Å². The molecule has 0 saturated carbocycles. The van der Waals surface area contributed by atoms with Crippen LogP contribution in [0.1, 0.15) is 50.9 Å². The lowest BCUT2D eigenvalue weighted by Crippen LogP contribution is -2.26. The predicted octanol–water partition coefficient (Wildman–Crippen LogP) is 6.35. The summed E-state index contributed by atoms with van der Waals surface area (Å²) in [5.74, 6) is 0.187. The number of nitrogens with two attached hydrogens (primary N) is 1. The van der Waals surface area contributed by atoms with Crippen LogP contribution in [0, 0.1) is 10.8 Å². The summed E-state index contributed by atoms with van der Waals surface area (Å²) >= 11 is 0. The zero-order valence-electron chi connectivity index (χ0n) is 22.7. The van der Waals surface area contributed by atoms with Crippen LogP contribution in [0.15, 0.2) is 90.3 Å². The first kappa shape index (κ1) is 27.2. The number of rotatable bonds is 9. The summed E-state index contributed by atoms with van der Waals surface area (Å²) in [5.41, 5.74) is 12.4. The second-order valence-corrected chi connectivity index (χ2v) is 10.6. The fourth-order valence-corrected chi connectivity index (χ4v) is 4.31. The lowest BCUT2D eigenvalue weighted by Gasteiger charge is -2.17. The molecule has 0 unspecified atom stereocenters. The number of furan rings is 1. The molecule has 6 N–H and O–H groups in total. The molecule has 4 aromatic rings. The number of carbonyl (C=O) groups is 1. The van der Waals surface area contributed by atoms with Gasteiger partial charge in [-0.15, -0.1) is 0 Å². The molecule has 1 aromatic carbocycles. The first-order chi connectivity index (χ1) is 18.6. The van der Waals surface area contributed by atoms with E-state index in [4.69, 9.17) is 15.6 Å². The smallest absolute Gasteiger partial charge is 0.224 e. The Morgan fingerprint density at radius 1 is 1.26 bits per heavy atom. The number of nitrogens with zero attached hydrogens (tertiary/aromatic N) is 1. The number of benzene rings is 1. The highest BCUT2D eigenvalue weighted by Gasteiger charge is 2.18. The van der Waals surface area contributed by atoms with E-state index in [1.807, 2.05) is 70.2 Å². The number of H-pyrrole nitrogens is 1. The predicted molar refractivity (Wildman–Crippen MR) is 158 cm³/mol. The number of carbonyl (C=O) groups excluding carboxylic acids is 1. The number of anilines is 1. The maximum Gasteiger partial charge on any atom is 0.224 e. The van der Waals surface area contributed by atoms with Crippen LogP contribution in [0.4, 0.5) is 5.82 Å². The fourth-order valence-electron chi connectivity index (χ4n) is 4.31. The van der Waals surface area contributed by atoms with E-state index in [0.29, 0.717) is 23.4 Å². The van der Waals surface area contributed by atoms with Crippen molar-refractivity contribution in [2.75, 3.05) is 5.73 Å². The van der Waals surface area contributed by atoms with Crippen molar-refractivity contribution >= 4 is 33.9 Å². The van der Waals surface area contributed by atoms with Gasteiger partial charge in [0.15, 0.2) is 0 Å². The van der Waals surface area contributed by atoms with Gasteiger partial charge in [-0.25, -0.2) is 4.98 Å². The van der Waals surface area contributed by atoms with Crippen molar-refractivity contribution in [3.05, 3.63) is 103 Å². The highest BCUT2D eigenvalue weighted by molar-refractivity contribution is 6.15. The molecule has 8 nitrogen and oxygen atoms in total. The lowest BCUT2D eigenvalue weighted by molar-refractivity contribution is -0.122. The molecule has 3 aromatic heterocycles. The summed E-state index contributed by atoms with van der Waals surface area (Å²) in [7, 11) is 0. The topological polar surface area (TPSA) is 133 Å². The molecule has 8 heteroatoms. The average Bonchev–Trinajstić information content (AvgIpc) is 3.55. The molecule has 0 atom stereocenters. The van der Waals surface area contributed by atoms with E-state index in [2.05, 4.69) is 27.2 Å². The van der Waals surface area contributed by atoms with Crippen LogP contribution in [0.5, 0.6) is 0 Å². The molecule has 4 rings (SSSR count). The first-order valence-electron chi connectivity index (χ1n) is 12.6. The third-order valence-electron chi connectivity index (χ3n) is 6.04. The average molecular weight is 523 g/mol. The van der Waals surface area contributed by atoms with E-state index >= 15 is 0 Å². The zero-order chi connectivity index (χ0) is 28.2. The number of fused-ring (bicyclic) bond motifs is 1. The lowest BCUT2D eigenvalue weighted by atomic mass is 9.92. The van der Waals surface area contributed by atoms with Crippen LogP contribution in [-0.4, -0.2) is 21.6 Å². The fraction of sp³-hybridized carbons (Fsp3) is 0.194. The standard InChI is InChI=1S/C31H34N6O2/c1-6-34-16-21(12-19(2)36-28(38)15-31(3,4)5)22-13-25(30(33)35-17-22)29(32)27-14-24-23(20-10-11-39-18-20)8-7-9-26(24)37-27/h6-14,16-18,32,34,37H,1,15H2,2-5H3,(H2,33,35)(H,36,38)/b19-12+,21-16+,32-29?. The minimum absolute atomic E-state index is 0.0567. The molecule has 200 valence electrons. The number of hydrogen-bond acceptors (Lipinski definition) is 6. The molecule has 1 amide bonds. The summed E-state index contributed by atoms with van der Waals surface area (Å²) in [6.45, 7) is 11.6. The van der Waals surface area contributed by atoms with Gasteiger partial charge in [0.1, 0.15) is 5.82 Å². The molecular weight excluding hydrogens is 488 g/mol. The van der Waals surface area contributed by atoms with Crippen LogP contribution in [0.25, 0.3) is 27.6 Å².